The van der Waals surface area contributed by atoms with Crippen molar-refractivity contribution in [3.05, 3.63) is 59.7 Å². The third-order valence-electron chi connectivity index (χ3n) is 5.84. The molecule has 4 heterocycles. The molecule has 2 aromatic heterocycles. The van der Waals surface area contributed by atoms with Crippen LogP contribution < -0.4 is 4.90 Å². The van der Waals surface area contributed by atoms with Gasteiger partial charge in [0.25, 0.3) is 5.91 Å². The Labute approximate surface area is 169 Å². The van der Waals surface area contributed by atoms with Gasteiger partial charge in [-0.15, -0.1) is 0 Å². The van der Waals surface area contributed by atoms with E-state index >= 15 is 0 Å². The van der Waals surface area contributed by atoms with Gasteiger partial charge in [-0.2, -0.15) is 15.0 Å². The predicted molar refractivity (Wildman–Crippen MR) is 108 cm³/mol. The first-order chi connectivity index (χ1) is 14.1. The van der Waals surface area contributed by atoms with Gasteiger partial charge in [-0.3, -0.25) is 4.79 Å². The summed E-state index contributed by atoms with van der Waals surface area (Å²) in [5.74, 6) is 1.38. The monoisotopic (exact) mass is 389 g/mol. The van der Waals surface area contributed by atoms with E-state index in [1.54, 1.807) is 12.4 Å². The molecular formula is C21H23N7O. The number of para-hydroxylation sites is 1. The summed E-state index contributed by atoms with van der Waals surface area (Å²) in [4.78, 5) is 28.3. The van der Waals surface area contributed by atoms with Crippen molar-refractivity contribution in [2.24, 2.45) is 5.92 Å². The number of carbonyl (C=O) groups excluding carboxylic acids is 1. The number of aromatic nitrogens is 5. The maximum atomic E-state index is 13.4. The van der Waals surface area contributed by atoms with Gasteiger partial charge in [-0.25, -0.2) is 9.97 Å². The van der Waals surface area contributed by atoms with Gasteiger partial charge in [-0.1, -0.05) is 12.1 Å². The minimum Gasteiger partial charge on any atom is -0.336 e. The van der Waals surface area contributed by atoms with Crippen molar-refractivity contribution >= 4 is 11.9 Å². The highest BCUT2D eigenvalue weighted by atomic mass is 16.2. The van der Waals surface area contributed by atoms with E-state index in [4.69, 9.17) is 0 Å². The molecule has 2 atom stereocenters. The molecule has 0 unspecified atom stereocenters. The van der Waals surface area contributed by atoms with Gasteiger partial charge in [0.15, 0.2) is 0 Å². The Morgan fingerprint density at radius 1 is 1.03 bits per heavy atom. The molecule has 2 fully saturated rings. The quantitative estimate of drug-likeness (QED) is 0.682. The number of nitrogens with zero attached hydrogens (tertiary/aromatic N) is 7. The van der Waals surface area contributed by atoms with Crippen molar-refractivity contribution in [1.82, 2.24) is 29.9 Å². The van der Waals surface area contributed by atoms with Crippen LogP contribution in [0.3, 0.4) is 0 Å². The number of hydrogen-bond donors (Lipinski definition) is 0. The Kier molecular flexibility index (Phi) is 4.26. The number of hydrogen-bond acceptors (Lipinski definition) is 6. The van der Waals surface area contributed by atoms with Crippen LogP contribution in [-0.4, -0.2) is 61.4 Å². The number of likely N-dealkylation sites (tertiary alicyclic amines) is 1. The van der Waals surface area contributed by atoms with Crippen molar-refractivity contribution < 1.29 is 4.79 Å². The first-order valence-electron chi connectivity index (χ1n) is 9.94. The van der Waals surface area contributed by atoms with Crippen molar-refractivity contribution in [1.29, 1.82) is 0 Å². The number of amides is 1. The van der Waals surface area contributed by atoms with Crippen LogP contribution in [0.5, 0.6) is 0 Å². The third kappa shape index (κ3) is 3.14. The van der Waals surface area contributed by atoms with Crippen LogP contribution in [-0.2, 0) is 0 Å². The molecule has 0 N–H and O–H groups in total. The van der Waals surface area contributed by atoms with Crippen molar-refractivity contribution in [2.75, 3.05) is 24.5 Å². The Bertz CT molecular complexity index is 1030. The molecule has 148 valence electrons. The van der Waals surface area contributed by atoms with Gasteiger partial charge in [-0.05, 0) is 38.5 Å². The minimum absolute atomic E-state index is 0.0181. The zero-order chi connectivity index (χ0) is 20.0. The highest BCUT2D eigenvalue weighted by Crippen LogP contribution is 2.35. The SMILES string of the molecule is Cc1cc(C)nc(N2C[C@@H]3CCN(C(=O)c4ccccc4-n4nccn4)C[C@@H]32)n1. The van der Waals surface area contributed by atoms with Crippen LogP contribution in [0.1, 0.15) is 28.2 Å². The van der Waals surface area contributed by atoms with Crippen molar-refractivity contribution in [3.63, 3.8) is 0 Å². The molecule has 29 heavy (non-hydrogen) atoms. The zero-order valence-corrected chi connectivity index (χ0v) is 16.6. The summed E-state index contributed by atoms with van der Waals surface area (Å²) >= 11 is 0. The molecule has 1 amide bonds. The number of aryl methyl sites for hydroxylation is 2. The zero-order valence-electron chi connectivity index (χ0n) is 16.6. The van der Waals surface area contributed by atoms with Crippen LogP contribution in [0, 0.1) is 19.8 Å². The summed E-state index contributed by atoms with van der Waals surface area (Å²) in [6, 6.07) is 9.75. The van der Waals surface area contributed by atoms with Gasteiger partial charge >= 0.3 is 0 Å². The maximum Gasteiger partial charge on any atom is 0.256 e. The van der Waals surface area contributed by atoms with Crippen LogP contribution in [0.15, 0.2) is 42.7 Å². The topological polar surface area (TPSA) is 80.0 Å². The average molecular weight is 389 g/mol. The van der Waals surface area contributed by atoms with Crippen LogP contribution in [0.25, 0.3) is 5.69 Å². The van der Waals surface area contributed by atoms with Gasteiger partial charge in [0.2, 0.25) is 5.95 Å². The third-order valence-corrected chi connectivity index (χ3v) is 5.84. The molecule has 0 spiro atoms. The summed E-state index contributed by atoms with van der Waals surface area (Å²) in [5.41, 5.74) is 3.27. The molecule has 2 aliphatic heterocycles. The first-order valence-corrected chi connectivity index (χ1v) is 9.94. The summed E-state index contributed by atoms with van der Waals surface area (Å²) in [6.07, 6.45) is 4.23. The molecule has 3 aromatic rings. The molecule has 1 aromatic carbocycles. The number of anilines is 1. The number of fused-ring (bicyclic) bond motifs is 1. The molecule has 5 rings (SSSR count). The first kappa shape index (κ1) is 17.8. The molecule has 0 aliphatic carbocycles. The smallest absolute Gasteiger partial charge is 0.256 e. The van der Waals surface area contributed by atoms with E-state index in [-0.39, 0.29) is 11.9 Å². The molecular weight excluding hydrogens is 366 g/mol. The van der Waals surface area contributed by atoms with Gasteiger partial charge < -0.3 is 9.80 Å². The van der Waals surface area contributed by atoms with E-state index in [1.165, 1.54) is 4.80 Å². The van der Waals surface area contributed by atoms with E-state index in [2.05, 4.69) is 25.1 Å². The highest BCUT2D eigenvalue weighted by Gasteiger charge is 2.45. The number of rotatable bonds is 3. The lowest BCUT2D eigenvalue weighted by molar-refractivity contribution is 0.0589. The predicted octanol–water partition coefficient (Wildman–Crippen LogP) is 2.03. The Morgan fingerprint density at radius 2 is 1.76 bits per heavy atom. The molecule has 8 heteroatoms. The fourth-order valence-corrected chi connectivity index (χ4v) is 4.39. The standard InChI is InChI=1S/C21H23N7O/c1-14-11-15(2)25-21(24-14)27-12-16-7-10-26(13-19(16)27)20(29)17-5-3-4-6-18(17)28-22-8-9-23-28/h3-6,8-9,11,16,19H,7,10,12-13H2,1-2H3/t16-,19-/m0/s1. The van der Waals surface area contributed by atoms with E-state index < -0.39 is 0 Å². The second-order valence-electron chi connectivity index (χ2n) is 7.81. The number of benzene rings is 1. The second-order valence-corrected chi connectivity index (χ2v) is 7.81. The molecule has 0 radical (unpaired) electrons. The molecule has 0 saturated carbocycles. The minimum atomic E-state index is 0.0181. The van der Waals surface area contributed by atoms with Crippen LogP contribution in [0.2, 0.25) is 0 Å². The highest BCUT2D eigenvalue weighted by molar-refractivity contribution is 5.97. The van der Waals surface area contributed by atoms with Crippen LogP contribution >= 0.6 is 0 Å². The molecule has 2 aliphatic rings. The summed E-state index contributed by atoms with van der Waals surface area (Å²) in [7, 11) is 0. The van der Waals surface area contributed by atoms with Gasteiger partial charge in [0, 0.05) is 36.9 Å². The molecule has 2 saturated heterocycles. The van der Waals surface area contributed by atoms with Crippen molar-refractivity contribution in [3.8, 4) is 5.69 Å². The normalized spacial score (nSPS) is 20.9. The Morgan fingerprint density at radius 3 is 2.52 bits per heavy atom. The lowest BCUT2D eigenvalue weighted by atomic mass is 9.82. The van der Waals surface area contributed by atoms with Gasteiger partial charge in [0.1, 0.15) is 0 Å². The van der Waals surface area contributed by atoms with E-state index in [9.17, 15) is 4.79 Å². The van der Waals surface area contributed by atoms with Crippen LogP contribution in [0.4, 0.5) is 5.95 Å². The van der Waals surface area contributed by atoms with E-state index in [0.717, 1.165) is 36.8 Å². The number of piperidine rings is 1. The second kappa shape index (κ2) is 6.95. The van der Waals surface area contributed by atoms with Crippen molar-refractivity contribution in [2.45, 2.75) is 26.3 Å². The summed E-state index contributed by atoms with van der Waals surface area (Å²) < 4.78 is 0. The van der Waals surface area contributed by atoms with E-state index in [1.807, 2.05) is 49.1 Å². The lowest BCUT2D eigenvalue weighted by Crippen LogP contribution is -2.65. The molecule has 8 nitrogen and oxygen atoms in total. The molecule has 0 bridgehead atoms. The lowest BCUT2D eigenvalue weighted by Gasteiger charge is -2.53. The Hall–Kier alpha value is -3.29. The maximum absolute atomic E-state index is 13.4. The summed E-state index contributed by atoms with van der Waals surface area (Å²) in [5, 5.41) is 8.38. The fraction of sp³-hybridized carbons (Fsp3) is 0.381. The van der Waals surface area contributed by atoms with Gasteiger partial charge in [0.05, 0.1) is 29.7 Å². The Balaban J connectivity index is 1.38. The largest absolute Gasteiger partial charge is 0.336 e. The number of carbonyl (C=O) groups is 1. The van der Waals surface area contributed by atoms with E-state index in [0.29, 0.717) is 23.7 Å². The summed E-state index contributed by atoms with van der Waals surface area (Å²) in [6.45, 7) is 6.39. The average Bonchev–Trinajstić information content (AvgIpc) is 3.22. The fourth-order valence-electron chi connectivity index (χ4n) is 4.39.